The number of nitrogens with zero attached hydrogens (tertiary/aromatic N) is 3. The number of hydrogen-bond acceptors (Lipinski definition) is 5. The molecule has 5 nitrogen and oxygen atoms in total. The zero-order valence-corrected chi connectivity index (χ0v) is 12.5. The van der Waals surface area contributed by atoms with E-state index in [0.717, 1.165) is 0 Å². The van der Waals surface area contributed by atoms with Gasteiger partial charge in [-0.1, -0.05) is 41.9 Å². The molecule has 112 valence electrons. The van der Waals surface area contributed by atoms with Crippen LogP contribution in [-0.4, -0.2) is 35.4 Å². The van der Waals surface area contributed by atoms with Gasteiger partial charge in [0, 0.05) is 10.6 Å². The molecule has 0 N–H and O–H groups in total. The normalized spacial score (nSPS) is 13.5. The molecule has 1 heterocycles. The maximum atomic E-state index is 12.1. The molecular weight excluding hydrogens is 302 g/mol. The standard InChI is InChI=1S/C16H14ClN3O2/c17-14-6-8-15(9-7-14)22-20-11-18-19(12-20)10-16(21)13-4-2-1-3-5-13/h1-9,11H,10,12H2. The maximum Gasteiger partial charge on any atom is 0.183 e. The molecule has 0 aromatic heterocycles. The first-order chi connectivity index (χ1) is 10.7. The number of halogens is 1. The van der Waals surface area contributed by atoms with Crippen LogP contribution in [0.5, 0.6) is 5.75 Å². The lowest BCUT2D eigenvalue weighted by Gasteiger charge is -2.18. The summed E-state index contributed by atoms with van der Waals surface area (Å²) in [6, 6.07) is 16.2. The van der Waals surface area contributed by atoms with Crippen LogP contribution in [0, 0.1) is 0 Å². The van der Waals surface area contributed by atoms with Gasteiger partial charge in [-0.2, -0.15) is 10.2 Å². The quantitative estimate of drug-likeness (QED) is 0.796. The summed E-state index contributed by atoms with van der Waals surface area (Å²) in [5, 5.41) is 8.01. The average molecular weight is 316 g/mol. The van der Waals surface area contributed by atoms with Gasteiger partial charge in [0.2, 0.25) is 0 Å². The summed E-state index contributed by atoms with van der Waals surface area (Å²) >= 11 is 5.83. The molecule has 0 spiro atoms. The average Bonchev–Trinajstić information content (AvgIpc) is 2.97. The minimum absolute atomic E-state index is 0.0195. The van der Waals surface area contributed by atoms with Crippen LogP contribution < -0.4 is 4.84 Å². The maximum absolute atomic E-state index is 12.1. The fraction of sp³-hybridized carbons (Fsp3) is 0.125. The number of Topliss-reactive ketones (excluding diaryl/α,β-unsaturated/α-hetero) is 1. The van der Waals surface area contributed by atoms with E-state index in [9.17, 15) is 4.79 Å². The lowest BCUT2D eigenvalue weighted by Crippen LogP contribution is -2.32. The van der Waals surface area contributed by atoms with E-state index in [2.05, 4.69) is 5.10 Å². The molecule has 0 atom stereocenters. The Morgan fingerprint density at radius 1 is 1.14 bits per heavy atom. The number of hydrogen-bond donors (Lipinski definition) is 0. The topological polar surface area (TPSA) is 45.1 Å². The molecule has 0 fully saturated rings. The number of carbonyl (C=O) groups is 1. The highest BCUT2D eigenvalue weighted by molar-refractivity contribution is 6.30. The van der Waals surface area contributed by atoms with Crippen LogP contribution >= 0.6 is 11.6 Å². The van der Waals surface area contributed by atoms with Crippen molar-refractivity contribution in [3.63, 3.8) is 0 Å². The van der Waals surface area contributed by atoms with Gasteiger partial charge >= 0.3 is 0 Å². The van der Waals surface area contributed by atoms with Gasteiger partial charge in [0.05, 0.1) is 0 Å². The van der Waals surface area contributed by atoms with Crippen LogP contribution in [0.2, 0.25) is 5.02 Å². The third kappa shape index (κ3) is 3.56. The summed E-state index contributed by atoms with van der Waals surface area (Å²) < 4.78 is 0. The molecule has 22 heavy (non-hydrogen) atoms. The molecule has 0 saturated carbocycles. The van der Waals surface area contributed by atoms with Gasteiger partial charge in [-0.25, -0.2) is 0 Å². The summed E-state index contributed by atoms with van der Waals surface area (Å²) in [4.78, 5) is 17.7. The van der Waals surface area contributed by atoms with Gasteiger partial charge in [-0.05, 0) is 24.3 Å². The lowest BCUT2D eigenvalue weighted by atomic mass is 10.1. The van der Waals surface area contributed by atoms with Crippen LogP contribution in [0.15, 0.2) is 59.7 Å². The van der Waals surface area contributed by atoms with Crippen LogP contribution in [-0.2, 0) is 0 Å². The number of rotatable bonds is 5. The Hall–Kier alpha value is -2.53. The lowest BCUT2D eigenvalue weighted by molar-refractivity contribution is -0.000319. The van der Waals surface area contributed by atoms with E-state index in [1.807, 2.05) is 18.2 Å². The van der Waals surface area contributed by atoms with Crippen molar-refractivity contribution in [2.75, 3.05) is 13.2 Å². The minimum atomic E-state index is 0.0195. The predicted molar refractivity (Wildman–Crippen MR) is 84.8 cm³/mol. The van der Waals surface area contributed by atoms with E-state index in [0.29, 0.717) is 23.0 Å². The molecule has 0 aliphatic carbocycles. The number of carbonyl (C=O) groups excluding carboxylic acids is 1. The van der Waals surface area contributed by atoms with Crippen molar-refractivity contribution in [1.29, 1.82) is 0 Å². The van der Waals surface area contributed by atoms with Crippen LogP contribution in [0.25, 0.3) is 0 Å². The van der Waals surface area contributed by atoms with Gasteiger partial charge in [-0.15, -0.1) is 0 Å². The van der Waals surface area contributed by atoms with E-state index < -0.39 is 0 Å². The highest BCUT2D eigenvalue weighted by atomic mass is 35.5. The summed E-state index contributed by atoms with van der Waals surface area (Å²) in [7, 11) is 0. The number of benzene rings is 2. The van der Waals surface area contributed by atoms with Crippen molar-refractivity contribution >= 4 is 23.7 Å². The zero-order valence-electron chi connectivity index (χ0n) is 11.7. The molecule has 1 aliphatic rings. The number of hydrazone groups is 1. The molecule has 2 aromatic carbocycles. The first kappa shape index (κ1) is 14.4. The molecule has 1 aliphatic heterocycles. The van der Waals surface area contributed by atoms with Gasteiger partial charge in [0.25, 0.3) is 0 Å². The highest BCUT2D eigenvalue weighted by Gasteiger charge is 2.18. The van der Waals surface area contributed by atoms with Crippen LogP contribution in [0.4, 0.5) is 0 Å². The molecule has 0 amide bonds. The van der Waals surface area contributed by atoms with Crippen molar-refractivity contribution < 1.29 is 9.63 Å². The van der Waals surface area contributed by atoms with Crippen molar-refractivity contribution in [1.82, 2.24) is 10.1 Å². The third-order valence-electron chi connectivity index (χ3n) is 3.10. The second kappa shape index (κ2) is 6.49. The summed E-state index contributed by atoms with van der Waals surface area (Å²) in [6.07, 6.45) is 1.55. The van der Waals surface area contributed by atoms with E-state index in [1.165, 1.54) is 0 Å². The zero-order chi connectivity index (χ0) is 15.4. The SMILES string of the molecule is O=C(CN1CN(Oc2ccc(Cl)cc2)C=N1)c1ccccc1. The van der Waals surface area contributed by atoms with E-state index in [4.69, 9.17) is 16.4 Å². The first-order valence-electron chi connectivity index (χ1n) is 6.78. The van der Waals surface area contributed by atoms with Gasteiger partial charge < -0.3 is 4.84 Å². The molecular formula is C16H14ClN3O2. The monoisotopic (exact) mass is 315 g/mol. The van der Waals surface area contributed by atoms with E-state index >= 15 is 0 Å². The molecule has 2 aromatic rings. The predicted octanol–water partition coefficient (Wildman–Crippen LogP) is 3.04. The smallest absolute Gasteiger partial charge is 0.183 e. The fourth-order valence-corrected chi connectivity index (χ4v) is 2.15. The van der Waals surface area contributed by atoms with E-state index in [1.54, 1.807) is 52.8 Å². The molecule has 0 saturated heterocycles. The molecule has 0 radical (unpaired) electrons. The van der Waals surface area contributed by atoms with Crippen molar-refractivity contribution in [3.8, 4) is 5.75 Å². The second-order valence-corrected chi connectivity index (χ2v) is 5.22. The molecule has 3 rings (SSSR count). The number of hydroxylamine groups is 2. The Kier molecular flexibility index (Phi) is 4.25. The molecule has 0 unspecified atom stereocenters. The Morgan fingerprint density at radius 3 is 2.59 bits per heavy atom. The van der Waals surface area contributed by atoms with E-state index in [-0.39, 0.29) is 12.3 Å². The van der Waals surface area contributed by atoms with Crippen LogP contribution in [0.1, 0.15) is 10.4 Å². The summed E-state index contributed by atoms with van der Waals surface area (Å²) in [6.45, 7) is 0.599. The van der Waals surface area contributed by atoms with Crippen molar-refractivity contribution in [3.05, 3.63) is 65.2 Å². The van der Waals surface area contributed by atoms with Crippen molar-refractivity contribution in [2.45, 2.75) is 0 Å². The van der Waals surface area contributed by atoms with Gasteiger partial charge in [0.1, 0.15) is 19.6 Å². The Bertz CT molecular complexity index is 674. The Balaban J connectivity index is 1.53. The second-order valence-electron chi connectivity index (χ2n) is 4.79. The molecule has 6 heteroatoms. The summed E-state index contributed by atoms with van der Waals surface area (Å²) in [5.74, 6) is 0.679. The highest BCUT2D eigenvalue weighted by Crippen LogP contribution is 2.17. The first-order valence-corrected chi connectivity index (χ1v) is 7.16. The minimum Gasteiger partial charge on any atom is -0.377 e. The van der Waals surface area contributed by atoms with Gasteiger partial charge in [0.15, 0.2) is 11.5 Å². The molecule has 0 bridgehead atoms. The van der Waals surface area contributed by atoms with Gasteiger partial charge in [-0.3, -0.25) is 9.80 Å². The largest absolute Gasteiger partial charge is 0.377 e. The fourth-order valence-electron chi connectivity index (χ4n) is 2.02. The third-order valence-corrected chi connectivity index (χ3v) is 3.36. The Morgan fingerprint density at radius 2 is 1.86 bits per heavy atom. The number of ketones is 1. The Labute approximate surface area is 133 Å². The van der Waals surface area contributed by atoms with Crippen LogP contribution in [0.3, 0.4) is 0 Å². The summed E-state index contributed by atoms with van der Waals surface area (Å²) in [5.41, 5.74) is 0.676. The van der Waals surface area contributed by atoms with Crippen molar-refractivity contribution in [2.24, 2.45) is 5.10 Å².